The highest BCUT2D eigenvalue weighted by molar-refractivity contribution is 5.84. The number of hydrogen-bond donors (Lipinski definition) is 0. The van der Waals surface area contributed by atoms with Gasteiger partial charge >= 0.3 is 0 Å². The summed E-state index contributed by atoms with van der Waals surface area (Å²) in [5.74, 6) is 0.245. The molecular formula is C20H20N2O. The molecule has 1 aromatic heterocycles. The number of aromatic nitrogens is 1. The molecule has 0 saturated carbocycles. The van der Waals surface area contributed by atoms with Gasteiger partial charge in [0.15, 0.2) is 0 Å². The normalized spacial score (nSPS) is 18.0. The Labute approximate surface area is 136 Å². The monoisotopic (exact) mass is 304 g/mol. The van der Waals surface area contributed by atoms with Gasteiger partial charge in [0, 0.05) is 24.5 Å². The molecular weight excluding hydrogens is 284 g/mol. The fourth-order valence-corrected chi connectivity index (χ4v) is 3.61. The van der Waals surface area contributed by atoms with Gasteiger partial charge in [-0.15, -0.1) is 0 Å². The van der Waals surface area contributed by atoms with Crippen molar-refractivity contribution in [2.75, 3.05) is 0 Å². The SMILES string of the molecule is Cc1cn([C@@H]2CCC(=O)N2Cc2ccccc2)c2ccccc12. The number of rotatable bonds is 3. The zero-order valence-corrected chi connectivity index (χ0v) is 13.3. The van der Waals surface area contributed by atoms with Gasteiger partial charge in [0.1, 0.15) is 6.17 Å². The third kappa shape index (κ3) is 2.42. The Bertz CT molecular complexity index is 850. The Hall–Kier alpha value is -2.55. The lowest BCUT2D eigenvalue weighted by molar-refractivity contribution is -0.130. The van der Waals surface area contributed by atoms with Crippen LogP contribution in [0.15, 0.2) is 60.8 Å². The van der Waals surface area contributed by atoms with E-state index >= 15 is 0 Å². The fourth-order valence-electron chi connectivity index (χ4n) is 3.61. The summed E-state index contributed by atoms with van der Waals surface area (Å²) in [4.78, 5) is 14.4. The number of hydrogen-bond acceptors (Lipinski definition) is 1. The Morgan fingerprint density at radius 2 is 1.78 bits per heavy atom. The number of amides is 1. The first-order valence-electron chi connectivity index (χ1n) is 8.13. The minimum atomic E-state index is 0.112. The van der Waals surface area contributed by atoms with Crippen molar-refractivity contribution in [1.29, 1.82) is 0 Å². The molecule has 3 aromatic rings. The van der Waals surface area contributed by atoms with Crippen LogP contribution in [0, 0.1) is 6.92 Å². The first-order valence-corrected chi connectivity index (χ1v) is 8.13. The molecule has 23 heavy (non-hydrogen) atoms. The third-order valence-corrected chi connectivity index (χ3v) is 4.75. The summed E-state index contributed by atoms with van der Waals surface area (Å²) in [5, 5.41) is 1.27. The minimum Gasteiger partial charge on any atom is -0.326 e. The van der Waals surface area contributed by atoms with Crippen LogP contribution in [-0.2, 0) is 11.3 Å². The average Bonchev–Trinajstić information content (AvgIpc) is 3.10. The zero-order chi connectivity index (χ0) is 15.8. The molecule has 0 unspecified atom stereocenters. The largest absolute Gasteiger partial charge is 0.326 e. The molecule has 1 aliphatic rings. The van der Waals surface area contributed by atoms with Crippen LogP contribution in [0.3, 0.4) is 0 Å². The van der Waals surface area contributed by atoms with E-state index in [1.165, 1.54) is 22.0 Å². The fraction of sp³-hybridized carbons (Fsp3) is 0.250. The highest BCUT2D eigenvalue weighted by atomic mass is 16.2. The second kappa shape index (κ2) is 5.58. The molecule has 0 bridgehead atoms. The Morgan fingerprint density at radius 1 is 1.04 bits per heavy atom. The van der Waals surface area contributed by atoms with Crippen molar-refractivity contribution >= 4 is 16.8 Å². The molecule has 3 heteroatoms. The number of para-hydroxylation sites is 1. The molecule has 1 atom stereocenters. The number of nitrogens with zero attached hydrogens (tertiary/aromatic N) is 2. The van der Waals surface area contributed by atoms with Crippen molar-refractivity contribution in [2.24, 2.45) is 0 Å². The van der Waals surface area contributed by atoms with Gasteiger partial charge in [-0.05, 0) is 30.5 Å². The van der Waals surface area contributed by atoms with Gasteiger partial charge in [0.05, 0.1) is 5.52 Å². The molecule has 1 amide bonds. The maximum Gasteiger partial charge on any atom is 0.224 e. The summed E-state index contributed by atoms with van der Waals surface area (Å²) >= 11 is 0. The van der Waals surface area contributed by atoms with E-state index in [0.29, 0.717) is 13.0 Å². The zero-order valence-electron chi connectivity index (χ0n) is 13.3. The van der Waals surface area contributed by atoms with Crippen LogP contribution in [0.4, 0.5) is 0 Å². The lowest BCUT2D eigenvalue weighted by Gasteiger charge is -2.27. The van der Waals surface area contributed by atoms with Gasteiger partial charge in [0.2, 0.25) is 5.91 Å². The quantitative estimate of drug-likeness (QED) is 0.709. The number of carbonyl (C=O) groups is 1. The van der Waals surface area contributed by atoms with E-state index in [2.05, 4.69) is 54.1 Å². The van der Waals surface area contributed by atoms with Gasteiger partial charge in [-0.2, -0.15) is 0 Å². The second-order valence-electron chi connectivity index (χ2n) is 6.26. The molecule has 1 saturated heterocycles. The Balaban J connectivity index is 1.73. The molecule has 1 fully saturated rings. The van der Waals surface area contributed by atoms with E-state index in [-0.39, 0.29) is 12.1 Å². The van der Waals surface area contributed by atoms with Crippen molar-refractivity contribution in [3.8, 4) is 0 Å². The van der Waals surface area contributed by atoms with Crippen LogP contribution in [0.2, 0.25) is 0 Å². The van der Waals surface area contributed by atoms with Gasteiger partial charge in [-0.3, -0.25) is 4.79 Å². The molecule has 3 nitrogen and oxygen atoms in total. The van der Waals surface area contributed by atoms with E-state index in [9.17, 15) is 4.79 Å². The van der Waals surface area contributed by atoms with Crippen LogP contribution in [0.1, 0.15) is 30.1 Å². The molecule has 0 spiro atoms. The smallest absolute Gasteiger partial charge is 0.224 e. The number of carbonyl (C=O) groups excluding carboxylic acids is 1. The first kappa shape index (κ1) is 14.1. The van der Waals surface area contributed by atoms with Gasteiger partial charge in [-0.1, -0.05) is 48.5 Å². The maximum absolute atomic E-state index is 12.4. The molecule has 0 aliphatic carbocycles. The molecule has 1 aliphatic heterocycles. The van der Waals surface area contributed by atoms with Crippen molar-refractivity contribution in [2.45, 2.75) is 32.5 Å². The Kier molecular flexibility index (Phi) is 3.41. The van der Waals surface area contributed by atoms with Crippen molar-refractivity contribution in [1.82, 2.24) is 9.47 Å². The van der Waals surface area contributed by atoms with Crippen LogP contribution in [0.5, 0.6) is 0 Å². The highest BCUT2D eigenvalue weighted by Crippen LogP contribution is 2.34. The first-order chi connectivity index (χ1) is 11.2. The number of aryl methyl sites for hydroxylation is 1. The van der Waals surface area contributed by atoms with Crippen molar-refractivity contribution < 1.29 is 4.79 Å². The van der Waals surface area contributed by atoms with Crippen LogP contribution in [-0.4, -0.2) is 15.4 Å². The van der Waals surface area contributed by atoms with Gasteiger partial charge in [-0.25, -0.2) is 0 Å². The van der Waals surface area contributed by atoms with Crippen molar-refractivity contribution in [3.05, 3.63) is 71.9 Å². The molecule has 0 radical (unpaired) electrons. The molecule has 116 valence electrons. The highest BCUT2D eigenvalue weighted by Gasteiger charge is 2.32. The molecule has 2 aromatic carbocycles. The summed E-state index contributed by atoms with van der Waals surface area (Å²) in [7, 11) is 0. The average molecular weight is 304 g/mol. The predicted molar refractivity (Wildman–Crippen MR) is 91.9 cm³/mol. The van der Waals surface area contributed by atoms with E-state index in [1.807, 2.05) is 23.1 Å². The van der Waals surface area contributed by atoms with Crippen LogP contribution < -0.4 is 0 Å². The summed E-state index contributed by atoms with van der Waals surface area (Å²) in [6, 6.07) is 18.7. The van der Waals surface area contributed by atoms with Crippen LogP contribution >= 0.6 is 0 Å². The molecule has 4 rings (SSSR count). The number of likely N-dealkylation sites (tertiary alicyclic amines) is 1. The van der Waals surface area contributed by atoms with Gasteiger partial charge in [0.25, 0.3) is 0 Å². The van der Waals surface area contributed by atoms with E-state index < -0.39 is 0 Å². The van der Waals surface area contributed by atoms with Crippen LogP contribution in [0.25, 0.3) is 10.9 Å². The van der Waals surface area contributed by atoms with Crippen molar-refractivity contribution in [3.63, 3.8) is 0 Å². The third-order valence-electron chi connectivity index (χ3n) is 4.75. The van der Waals surface area contributed by atoms with E-state index in [0.717, 1.165) is 6.42 Å². The lowest BCUT2D eigenvalue weighted by Crippen LogP contribution is -2.30. The lowest BCUT2D eigenvalue weighted by atomic mass is 10.2. The Morgan fingerprint density at radius 3 is 2.61 bits per heavy atom. The summed E-state index contributed by atoms with van der Waals surface area (Å²) in [6.45, 7) is 2.81. The standard InChI is InChI=1S/C20H20N2O/c1-15-13-21(18-10-6-5-9-17(15)18)19-11-12-20(23)22(19)14-16-7-3-2-4-8-16/h2-10,13,19H,11-12,14H2,1H3/t19-/m0/s1. The predicted octanol–water partition coefficient (Wildman–Crippen LogP) is 4.27. The molecule has 0 N–H and O–H groups in total. The van der Waals surface area contributed by atoms with E-state index in [4.69, 9.17) is 0 Å². The maximum atomic E-state index is 12.4. The number of benzene rings is 2. The van der Waals surface area contributed by atoms with E-state index in [1.54, 1.807) is 0 Å². The molecule has 2 heterocycles. The summed E-state index contributed by atoms with van der Waals surface area (Å²) < 4.78 is 2.28. The summed E-state index contributed by atoms with van der Waals surface area (Å²) in [6.07, 6.45) is 3.81. The summed E-state index contributed by atoms with van der Waals surface area (Å²) in [5.41, 5.74) is 3.66. The minimum absolute atomic E-state index is 0.112. The second-order valence-corrected chi connectivity index (χ2v) is 6.26. The topological polar surface area (TPSA) is 25.2 Å². The van der Waals surface area contributed by atoms with Gasteiger partial charge < -0.3 is 9.47 Å². The number of fused-ring (bicyclic) bond motifs is 1.